The lowest BCUT2D eigenvalue weighted by atomic mass is 9.96. The van der Waals surface area contributed by atoms with Gasteiger partial charge in [0, 0.05) is 5.41 Å². The predicted molar refractivity (Wildman–Crippen MR) is 146 cm³/mol. The molecule has 4 heteroatoms. The zero-order valence-electron chi connectivity index (χ0n) is 19.6. The van der Waals surface area contributed by atoms with Crippen molar-refractivity contribution in [1.29, 1.82) is 0 Å². The molecule has 0 saturated heterocycles. The fraction of sp³-hybridized carbons (Fsp3) is 0.615. The minimum absolute atomic E-state index is 0. The van der Waals surface area contributed by atoms with Crippen LogP contribution >= 0.6 is 11.6 Å². The second-order valence-corrected chi connectivity index (χ2v) is 20.8. The normalized spacial score (nSPS) is 11.2. The van der Waals surface area contributed by atoms with Gasteiger partial charge in [0.1, 0.15) is 16.1 Å². The lowest BCUT2D eigenvalue weighted by Crippen LogP contribution is -2.21. The molecule has 0 N–H and O–H groups in total. The summed E-state index contributed by atoms with van der Waals surface area (Å²) in [5.74, 6) is 6.41. The molecule has 0 aliphatic rings. The van der Waals surface area contributed by atoms with Crippen molar-refractivity contribution in [3.63, 3.8) is 0 Å². The van der Waals surface area contributed by atoms with Crippen molar-refractivity contribution in [2.45, 2.75) is 93.3 Å². The number of rotatable bonds is 4. The Hall–Kier alpha value is -0.976. The first-order valence-corrected chi connectivity index (χ1v) is 17.3. The molecule has 0 radical (unpaired) electrons. The molecule has 0 fully saturated rings. The molecule has 0 saturated carbocycles. The number of halogens is 1. The zero-order chi connectivity index (χ0) is 22.1. The number of hydrogen-bond acceptors (Lipinski definition) is 1. The molecule has 1 aromatic carbocycles. The lowest BCUT2D eigenvalue weighted by molar-refractivity contribution is 0.0753. The van der Waals surface area contributed by atoms with Crippen LogP contribution in [-0.4, -0.2) is 27.6 Å². The molecule has 1 nitrogen and oxygen atoms in total. The molecule has 1 aromatic rings. The Morgan fingerprint density at radius 2 is 1.23 bits per heavy atom. The van der Waals surface area contributed by atoms with Gasteiger partial charge >= 0.3 is 0 Å². The molecule has 0 atom stereocenters. The third-order valence-corrected chi connectivity index (χ3v) is 4.93. The summed E-state index contributed by atoms with van der Waals surface area (Å²) in [6, 6.07) is 10.3. The summed E-state index contributed by atoms with van der Waals surface area (Å²) >= 11 is 5.89. The third kappa shape index (κ3) is 23.3. The Bertz CT molecular complexity index is 680. The predicted octanol–water partition coefficient (Wildman–Crippen LogP) is 8.27. The molecule has 0 heterocycles. The van der Waals surface area contributed by atoms with Crippen molar-refractivity contribution in [3.8, 4) is 22.9 Å². The van der Waals surface area contributed by atoms with Crippen molar-refractivity contribution >= 4 is 27.7 Å². The Labute approximate surface area is 196 Å². The van der Waals surface area contributed by atoms with Gasteiger partial charge in [0.25, 0.3) is 0 Å². The number of ether oxygens (including phenoxy) is 1. The van der Waals surface area contributed by atoms with Gasteiger partial charge in [-0.15, -0.1) is 28.6 Å². The van der Waals surface area contributed by atoms with Crippen LogP contribution in [0.1, 0.15) is 48.1 Å². The van der Waals surface area contributed by atoms with E-state index in [-0.39, 0.29) is 25.1 Å². The molecule has 0 aromatic heterocycles. The Balaban J connectivity index is -0.000000526. The van der Waals surface area contributed by atoms with Gasteiger partial charge in [-0.3, -0.25) is 0 Å². The first kappa shape index (κ1) is 33.7. The van der Waals surface area contributed by atoms with Crippen LogP contribution in [0.4, 0.5) is 0 Å². The molecule has 172 valence electrons. The van der Waals surface area contributed by atoms with Crippen LogP contribution in [0, 0.1) is 28.3 Å². The average molecular weight is 467 g/mol. The average Bonchev–Trinajstić information content (AvgIpc) is 2.51. The number of hydrogen-bond donors (Lipinski definition) is 0. The molecule has 0 aliphatic carbocycles. The molecular formula is C26H47ClOSi2. The van der Waals surface area contributed by atoms with E-state index in [1.807, 2.05) is 32.0 Å². The van der Waals surface area contributed by atoms with Crippen molar-refractivity contribution < 1.29 is 4.74 Å². The lowest BCUT2D eigenvalue weighted by Gasteiger charge is -2.18. The fourth-order valence-electron chi connectivity index (χ4n) is 1.73. The molecular weight excluding hydrogens is 420 g/mol. The van der Waals surface area contributed by atoms with E-state index < -0.39 is 16.1 Å². The third-order valence-electron chi connectivity index (χ3n) is 3.09. The topological polar surface area (TPSA) is 9.23 Å². The summed E-state index contributed by atoms with van der Waals surface area (Å²) in [5.41, 5.74) is 7.79. The maximum atomic E-state index is 5.89. The van der Waals surface area contributed by atoms with Crippen LogP contribution in [0.5, 0.6) is 0 Å². The highest BCUT2D eigenvalue weighted by molar-refractivity contribution is 6.84. The molecule has 0 bridgehead atoms. The molecule has 0 amide bonds. The monoisotopic (exact) mass is 466 g/mol. The maximum Gasteiger partial charge on any atom is 0.129 e. The van der Waals surface area contributed by atoms with E-state index in [1.54, 1.807) is 0 Å². The van der Waals surface area contributed by atoms with Gasteiger partial charge in [-0.2, -0.15) is 0 Å². The minimum atomic E-state index is -1.29. The minimum Gasteiger partial charge on any atom is -0.375 e. The second kappa shape index (κ2) is 14.2. The van der Waals surface area contributed by atoms with Crippen LogP contribution in [0.25, 0.3) is 0 Å². The summed E-state index contributed by atoms with van der Waals surface area (Å²) in [6.07, 6.45) is 0. The Kier molecular flexibility index (Phi) is 15.9. The first-order chi connectivity index (χ1) is 12.5. The Morgan fingerprint density at radius 1 is 0.800 bits per heavy atom. The smallest absolute Gasteiger partial charge is 0.129 e. The highest BCUT2D eigenvalue weighted by Crippen LogP contribution is 2.16. The van der Waals surface area contributed by atoms with E-state index in [4.69, 9.17) is 16.3 Å². The van der Waals surface area contributed by atoms with E-state index in [0.717, 1.165) is 0 Å². The molecule has 1 rings (SSSR count). The molecule has 30 heavy (non-hydrogen) atoms. The number of benzene rings is 1. The van der Waals surface area contributed by atoms with Gasteiger partial charge in [0.05, 0.1) is 18.1 Å². The van der Waals surface area contributed by atoms with E-state index in [0.29, 0.717) is 13.2 Å². The van der Waals surface area contributed by atoms with Crippen LogP contribution in [0.3, 0.4) is 0 Å². The van der Waals surface area contributed by atoms with Crippen molar-refractivity contribution in [1.82, 2.24) is 0 Å². The summed E-state index contributed by atoms with van der Waals surface area (Å²) < 4.78 is 5.76. The van der Waals surface area contributed by atoms with Crippen molar-refractivity contribution in [2.75, 3.05) is 6.61 Å². The van der Waals surface area contributed by atoms with E-state index >= 15 is 0 Å². The molecule has 0 aliphatic heterocycles. The van der Waals surface area contributed by atoms with Crippen LogP contribution < -0.4 is 0 Å². The maximum absolute atomic E-state index is 5.89. The second-order valence-electron chi connectivity index (χ2n) is 10.3. The van der Waals surface area contributed by atoms with E-state index in [2.05, 4.69) is 88.2 Å². The van der Waals surface area contributed by atoms with Gasteiger partial charge in [0.2, 0.25) is 0 Å². The van der Waals surface area contributed by atoms with Gasteiger partial charge in [-0.05, 0) is 33.3 Å². The van der Waals surface area contributed by atoms with Crippen molar-refractivity contribution in [2.24, 2.45) is 5.41 Å². The zero-order valence-corrected chi connectivity index (χ0v) is 22.3. The van der Waals surface area contributed by atoms with Gasteiger partial charge in [-0.1, -0.05) is 90.4 Å². The highest BCUT2D eigenvalue weighted by atomic mass is 35.5. The quantitative estimate of drug-likeness (QED) is 0.246. The van der Waals surface area contributed by atoms with Crippen LogP contribution in [-0.2, 0) is 11.3 Å². The highest BCUT2D eigenvalue weighted by Gasteiger charge is 2.16. The van der Waals surface area contributed by atoms with Gasteiger partial charge in [0.15, 0.2) is 0 Å². The van der Waals surface area contributed by atoms with E-state index in [9.17, 15) is 0 Å². The first-order valence-electron chi connectivity index (χ1n) is 9.88. The summed E-state index contributed by atoms with van der Waals surface area (Å²) in [5, 5.41) is 0. The Morgan fingerprint density at radius 3 is 1.60 bits per heavy atom. The SMILES string of the molecule is C.C.CC(C)(C#C[Si](C)(C)C)COCc1ccccc1.CC(C)(Cl)C#C[Si](C)(C)C. The van der Waals surface area contributed by atoms with Crippen LogP contribution in [0.15, 0.2) is 30.3 Å². The van der Waals surface area contributed by atoms with Gasteiger partial charge in [-0.25, -0.2) is 0 Å². The summed E-state index contributed by atoms with van der Waals surface area (Å²) in [7, 11) is -2.50. The number of alkyl halides is 1. The van der Waals surface area contributed by atoms with Crippen molar-refractivity contribution in [3.05, 3.63) is 35.9 Å². The summed E-state index contributed by atoms with van der Waals surface area (Å²) in [4.78, 5) is -0.347. The fourth-order valence-corrected chi connectivity index (χ4v) is 3.25. The summed E-state index contributed by atoms with van der Waals surface area (Å²) in [6.45, 7) is 22.9. The standard InChI is InChI=1S/C16H24OSi.C8H15ClSi.2CH4/c1-16(2,11-12-18(3,4)5)14-17-13-15-9-7-6-8-10-15;1-8(2,9)6-7-10(3,4)5;;/h6-10H,13-14H2,1-5H3;1-5H3;2*1H4. The largest absolute Gasteiger partial charge is 0.375 e. The van der Waals surface area contributed by atoms with E-state index in [1.165, 1.54) is 5.56 Å². The molecule has 0 unspecified atom stereocenters. The van der Waals surface area contributed by atoms with Gasteiger partial charge < -0.3 is 4.74 Å². The molecule has 0 spiro atoms. The van der Waals surface area contributed by atoms with Crippen LogP contribution in [0.2, 0.25) is 39.3 Å².